The molecule has 2 aromatic rings. The summed E-state index contributed by atoms with van der Waals surface area (Å²) >= 11 is 0. The standard InChI is InChI=1S/C28H35F2N3O5/c1-2-3-13-31-28(36)32-23(26(34)18-9-12-24-25(14-18)38-17-37-24)16-33(20-7-5-4-6-8-20)27(35)21-11-10-19(29)15-22(21)30/h9-12,14-15,20,23,26,34H,2-8,13,16-17H2,1H3,(H2,31,32,36). The molecule has 2 atom stereocenters. The Morgan fingerprint density at radius 3 is 2.58 bits per heavy atom. The van der Waals surface area contributed by atoms with Gasteiger partial charge in [-0.25, -0.2) is 13.6 Å². The first kappa shape index (κ1) is 27.6. The molecule has 2 unspecified atom stereocenters. The molecular weight excluding hydrogens is 496 g/mol. The molecule has 8 nitrogen and oxygen atoms in total. The maximum atomic E-state index is 14.7. The number of aliphatic hydroxyl groups is 1. The lowest BCUT2D eigenvalue weighted by Gasteiger charge is -2.38. The third kappa shape index (κ3) is 6.72. The minimum atomic E-state index is -1.21. The summed E-state index contributed by atoms with van der Waals surface area (Å²) in [6.07, 6.45) is 4.74. The van der Waals surface area contributed by atoms with Crippen LogP contribution in [0.15, 0.2) is 36.4 Å². The lowest BCUT2D eigenvalue weighted by atomic mass is 9.92. The zero-order chi connectivity index (χ0) is 27.1. The second kappa shape index (κ2) is 12.9. The highest BCUT2D eigenvalue weighted by Crippen LogP contribution is 2.35. The van der Waals surface area contributed by atoms with Crippen molar-refractivity contribution in [2.45, 2.75) is 70.1 Å². The van der Waals surface area contributed by atoms with Crippen LogP contribution in [0.25, 0.3) is 0 Å². The van der Waals surface area contributed by atoms with Crippen molar-refractivity contribution in [3.05, 3.63) is 59.2 Å². The fraction of sp³-hybridized carbons (Fsp3) is 0.500. The highest BCUT2D eigenvalue weighted by atomic mass is 19.1. The lowest BCUT2D eigenvalue weighted by molar-refractivity contribution is 0.0500. The Balaban J connectivity index is 1.63. The van der Waals surface area contributed by atoms with Gasteiger partial charge in [0, 0.05) is 25.2 Å². The Kier molecular flexibility index (Phi) is 9.38. The van der Waals surface area contributed by atoms with Crippen molar-refractivity contribution in [1.82, 2.24) is 15.5 Å². The zero-order valence-electron chi connectivity index (χ0n) is 21.6. The van der Waals surface area contributed by atoms with Gasteiger partial charge in [-0.1, -0.05) is 38.7 Å². The third-order valence-electron chi connectivity index (χ3n) is 7.08. The Bertz CT molecular complexity index is 1130. The van der Waals surface area contributed by atoms with E-state index in [0.717, 1.165) is 44.2 Å². The van der Waals surface area contributed by atoms with E-state index in [2.05, 4.69) is 10.6 Å². The first-order chi connectivity index (χ1) is 18.4. The molecule has 0 saturated heterocycles. The van der Waals surface area contributed by atoms with E-state index in [1.54, 1.807) is 18.2 Å². The van der Waals surface area contributed by atoms with Gasteiger partial charge in [-0.3, -0.25) is 4.79 Å². The summed E-state index contributed by atoms with van der Waals surface area (Å²) in [6, 6.07) is 6.25. The van der Waals surface area contributed by atoms with Crippen LogP contribution in [0.1, 0.15) is 73.9 Å². The quantitative estimate of drug-likeness (QED) is 0.387. The minimum absolute atomic E-state index is 0.0723. The number of nitrogens with zero attached hydrogens (tertiary/aromatic N) is 1. The Hall–Kier alpha value is -3.40. The fourth-order valence-corrected chi connectivity index (χ4v) is 4.97. The third-order valence-corrected chi connectivity index (χ3v) is 7.08. The summed E-state index contributed by atoms with van der Waals surface area (Å²) in [7, 11) is 0. The van der Waals surface area contributed by atoms with E-state index in [-0.39, 0.29) is 24.9 Å². The molecule has 206 valence electrons. The maximum absolute atomic E-state index is 14.7. The maximum Gasteiger partial charge on any atom is 0.315 e. The van der Waals surface area contributed by atoms with E-state index in [1.807, 2.05) is 6.92 Å². The predicted molar refractivity (Wildman–Crippen MR) is 137 cm³/mol. The number of ether oxygens (including phenoxy) is 2. The van der Waals surface area contributed by atoms with E-state index in [1.165, 1.54) is 4.90 Å². The molecule has 2 aromatic carbocycles. The van der Waals surface area contributed by atoms with Gasteiger partial charge in [0.2, 0.25) is 6.79 Å². The number of urea groups is 1. The number of nitrogens with one attached hydrogen (secondary N) is 2. The Morgan fingerprint density at radius 2 is 1.84 bits per heavy atom. The second-order valence-corrected chi connectivity index (χ2v) is 9.79. The van der Waals surface area contributed by atoms with Gasteiger partial charge in [0.25, 0.3) is 5.91 Å². The number of fused-ring (bicyclic) bond motifs is 1. The van der Waals surface area contributed by atoms with Gasteiger partial charge in [0.1, 0.15) is 17.7 Å². The molecule has 3 amide bonds. The number of aliphatic hydroxyl groups excluding tert-OH is 1. The lowest BCUT2D eigenvalue weighted by Crippen LogP contribution is -2.54. The van der Waals surface area contributed by atoms with Crippen molar-refractivity contribution in [2.24, 2.45) is 0 Å². The minimum Gasteiger partial charge on any atom is -0.454 e. The van der Waals surface area contributed by atoms with Crippen molar-refractivity contribution < 1.29 is 33.0 Å². The molecule has 4 rings (SSSR count). The van der Waals surface area contributed by atoms with Gasteiger partial charge in [0.05, 0.1) is 11.6 Å². The largest absolute Gasteiger partial charge is 0.454 e. The van der Waals surface area contributed by atoms with Crippen molar-refractivity contribution in [1.29, 1.82) is 0 Å². The number of benzene rings is 2. The molecular formula is C28H35F2N3O5. The molecule has 1 heterocycles. The molecule has 0 bridgehead atoms. The monoisotopic (exact) mass is 531 g/mol. The molecule has 1 fully saturated rings. The van der Waals surface area contributed by atoms with Gasteiger partial charge < -0.3 is 30.1 Å². The normalized spacial score (nSPS) is 16.5. The number of halogens is 2. The van der Waals surface area contributed by atoms with Gasteiger partial charge in [0.15, 0.2) is 11.5 Å². The van der Waals surface area contributed by atoms with Gasteiger partial charge in [-0.15, -0.1) is 0 Å². The molecule has 0 aromatic heterocycles. The summed E-state index contributed by atoms with van der Waals surface area (Å²) < 4.78 is 39.0. The number of hydrogen-bond acceptors (Lipinski definition) is 5. The number of rotatable bonds is 10. The van der Waals surface area contributed by atoms with E-state index in [0.29, 0.717) is 42.5 Å². The summed E-state index contributed by atoms with van der Waals surface area (Å²) in [4.78, 5) is 27.9. The number of carbonyl (C=O) groups is 2. The molecule has 38 heavy (non-hydrogen) atoms. The fourth-order valence-electron chi connectivity index (χ4n) is 4.97. The van der Waals surface area contributed by atoms with Crippen LogP contribution in [0.4, 0.5) is 13.6 Å². The van der Waals surface area contributed by atoms with Gasteiger partial charge in [-0.2, -0.15) is 0 Å². The number of carbonyl (C=O) groups excluding carboxylic acids is 2. The first-order valence-electron chi connectivity index (χ1n) is 13.3. The summed E-state index contributed by atoms with van der Waals surface area (Å²) in [5.74, 6) is -1.31. The molecule has 10 heteroatoms. The topological polar surface area (TPSA) is 100 Å². The summed E-state index contributed by atoms with van der Waals surface area (Å²) in [6.45, 7) is 2.47. The van der Waals surface area contributed by atoms with Crippen molar-refractivity contribution in [3.8, 4) is 11.5 Å². The van der Waals surface area contributed by atoms with Gasteiger partial charge in [-0.05, 0) is 49.1 Å². The second-order valence-electron chi connectivity index (χ2n) is 9.79. The summed E-state index contributed by atoms with van der Waals surface area (Å²) in [5.41, 5.74) is 0.220. The molecule has 1 aliphatic heterocycles. The van der Waals surface area contributed by atoms with Crippen molar-refractivity contribution >= 4 is 11.9 Å². The van der Waals surface area contributed by atoms with Crippen molar-refractivity contribution in [3.63, 3.8) is 0 Å². The smallest absolute Gasteiger partial charge is 0.315 e. The van der Waals surface area contributed by atoms with Crippen LogP contribution in [0.2, 0.25) is 0 Å². The van der Waals surface area contributed by atoms with Crippen LogP contribution in [0.3, 0.4) is 0 Å². The van der Waals surface area contributed by atoms with Crippen LogP contribution in [-0.2, 0) is 0 Å². The highest BCUT2D eigenvalue weighted by Gasteiger charge is 2.34. The van der Waals surface area contributed by atoms with Gasteiger partial charge >= 0.3 is 6.03 Å². The van der Waals surface area contributed by atoms with Crippen LogP contribution >= 0.6 is 0 Å². The summed E-state index contributed by atoms with van der Waals surface area (Å²) in [5, 5.41) is 17.0. The van der Waals surface area contributed by atoms with E-state index >= 15 is 0 Å². The van der Waals surface area contributed by atoms with E-state index in [9.17, 15) is 23.5 Å². The van der Waals surface area contributed by atoms with Crippen LogP contribution < -0.4 is 20.1 Å². The first-order valence-corrected chi connectivity index (χ1v) is 13.3. The van der Waals surface area contributed by atoms with Crippen LogP contribution in [0.5, 0.6) is 11.5 Å². The van der Waals surface area contributed by atoms with Crippen LogP contribution in [-0.4, -0.2) is 53.9 Å². The molecule has 2 aliphatic rings. The van der Waals surface area contributed by atoms with E-state index < -0.39 is 35.7 Å². The Morgan fingerprint density at radius 1 is 1.08 bits per heavy atom. The SMILES string of the molecule is CCCCNC(=O)NC(CN(C(=O)c1ccc(F)cc1F)C1CCCCC1)C(O)c1ccc2c(c1)OCO2. The predicted octanol–water partition coefficient (Wildman–Crippen LogP) is 4.67. The van der Waals surface area contributed by atoms with E-state index in [4.69, 9.17) is 9.47 Å². The number of hydrogen-bond donors (Lipinski definition) is 3. The molecule has 1 aliphatic carbocycles. The highest BCUT2D eigenvalue weighted by molar-refractivity contribution is 5.94. The van der Waals surface area contributed by atoms with Crippen LogP contribution in [0, 0.1) is 11.6 Å². The Labute approximate surface area is 221 Å². The average molecular weight is 532 g/mol. The zero-order valence-corrected chi connectivity index (χ0v) is 21.6. The molecule has 3 N–H and O–H groups in total. The molecule has 0 radical (unpaired) electrons. The number of amides is 3. The number of unbranched alkanes of at least 4 members (excludes halogenated alkanes) is 1. The molecule has 1 saturated carbocycles. The van der Waals surface area contributed by atoms with Crippen molar-refractivity contribution in [2.75, 3.05) is 19.9 Å². The average Bonchev–Trinajstić information content (AvgIpc) is 3.39. The molecule has 0 spiro atoms.